The zero-order valence-corrected chi connectivity index (χ0v) is 14.2. The average Bonchev–Trinajstić information content (AvgIpc) is 2.59. The van der Waals surface area contributed by atoms with Crippen LogP contribution in [0.3, 0.4) is 0 Å². The molecule has 24 heavy (non-hydrogen) atoms. The Morgan fingerprint density at radius 3 is 2.46 bits per heavy atom. The van der Waals surface area contributed by atoms with Gasteiger partial charge in [0.05, 0.1) is 11.6 Å². The molecule has 0 saturated carbocycles. The number of hydrogen-bond acceptors (Lipinski definition) is 4. The van der Waals surface area contributed by atoms with Gasteiger partial charge in [-0.1, -0.05) is 29.8 Å². The van der Waals surface area contributed by atoms with Crippen LogP contribution >= 0.6 is 11.6 Å². The fraction of sp³-hybridized carbons (Fsp3) is 0.333. The minimum atomic E-state index is -0.363. The van der Waals surface area contributed by atoms with E-state index in [1.807, 2.05) is 24.3 Å². The number of halogens is 2. The fourth-order valence-corrected chi connectivity index (χ4v) is 2.36. The number of aliphatic hydroxyl groups is 1. The quantitative estimate of drug-likeness (QED) is 0.575. The van der Waals surface area contributed by atoms with Crippen molar-refractivity contribution in [2.45, 2.75) is 13.2 Å². The molecule has 0 bridgehead atoms. The van der Waals surface area contributed by atoms with Crippen molar-refractivity contribution in [3.8, 4) is 5.75 Å². The average molecular weight is 353 g/mol. The lowest BCUT2D eigenvalue weighted by Crippen LogP contribution is -2.28. The fourth-order valence-electron chi connectivity index (χ4n) is 2.14. The number of benzene rings is 2. The molecule has 0 aliphatic rings. The van der Waals surface area contributed by atoms with Crippen molar-refractivity contribution in [3.05, 3.63) is 64.4 Å². The first kappa shape index (κ1) is 18.7. The van der Waals surface area contributed by atoms with Crippen molar-refractivity contribution >= 4 is 11.6 Å². The third kappa shape index (κ3) is 6.09. The van der Waals surface area contributed by atoms with Crippen molar-refractivity contribution in [1.82, 2.24) is 10.6 Å². The third-order valence-electron chi connectivity index (χ3n) is 3.46. The Bertz CT molecular complexity index is 603. The standard InChI is InChI=1S/C18H22ClFN2O2/c19-17-2-1-3-18(20)16(17)13-24-15-6-4-14(5-7-15)12-22-9-8-21-10-11-23/h1-7,21-23H,8-13H2. The van der Waals surface area contributed by atoms with Crippen LogP contribution in [-0.2, 0) is 13.2 Å². The van der Waals surface area contributed by atoms with E-state index in [4.69, 9.17) is 21.4 Å². The molecule has 4 nitrogen and oxygen atoms in total. The van der Waals surface area contributed by atoms with Crippen molar-refractivity contribution in [3.63, 3.8) is 0 Å². The van der Waals surface area contributed by atoms with E-state index < -0.39 is 0 Å². The van der Waals surface area contributed by atoms with Gasteiger partial charge in [0, 0.05) is 31.7 Å². The van der Waals surface area contributed by atoms with Gasteiger partial charge < -0.3 is 20.5 Å². The van der Waals surface area contributed by atoms with Gasteiger partial charge in [0.25, 0.3) is 0 Å². The molecule has 0 amide bonds. The van der Waals surface area contributed by atoms with E-state index in [2.05, 4.69) is 10.6 Å². The van der Waals surface area contributed by atoms with Crippen molar-refractivity contribution in [1.29, 1.82) is 0 Å². The van der Waals surface area contributed by atoms with Gasteiger partial charge in [0.1, 0.15) is 18.2 Å². The maximum Gasteiger partial charge on any atom is 0.131 e. The molecule has 0 unspecified atom stereocenters. The second-order valence-corrected chi connectivity index (χ2v) is 5.69. The predicted octanol–water partition coefficient (Wildman–Crippen LogP) is 2.73. The van der Waals surface area contributed by atoms with E-state index in [0.29, 0.717) is 22.9 Å². The Labute approximate surface area is 146 Å². The molecule has 130 valence electrons. The Kier molecular flexibility index (Phi) is 7.98. The highest BCUT2D eigenvalue weighted by atomic mass is 35.5. The summed E-state index contributed by atoms with van der Waals surface area (Å²) in [5, 5.41) is 15.4. The van der Waals surface area contributed by atoms with Gasteiger partial charge in [-0.2, -0.15) is 0 Å². The second-order valence-electron chi connectivity index (χ2n) is 5.28. The molecule has 0 spiro atoms. The molecule has 2 aromatic rings. The highest BCUT2D eigenvalue weighted by molar-refractivity contribution is 6.31. The van der Waals surface area contributed by atoms with Crippen LogP contribution in [0.1, 0.15) is 11.1 Å². The summed E-state index contributed by atoms with van der Waals surface area (Å²) in [5.74, 6) is 0.306. The minimum Gasteiger partial charge on any atom is -0.489 e. The first-order valence-electron chi connectivity index (χ1n) is 7.87. The maximum atomic E-state index is 13.7. The lowest BCUT2D eigenvalue weighted by molar-refractivity contribution is 0.292. The van der Waals surface area contributed by atoms with Gasteiger partial charge in [-0.15, -0.1) is 0 Å². The Balaban J connectivity index is 1.76. The molecule has 0 heterocycles. The van der Waals surface area contributed by atoms with E-state index in [9.17, 15) is 4.39 Å². The molecular formula is C18H22ClFN2O2. The molecular weight excluding hydrogens is 331 g/mol. The van der Waals surface area contributed by atoms with Crippen LogP contribution in [0.2, 0.25) is 5.02 Å². The molecule has 0 saturated heterocycles. The van der Waals surface area contributed by atoms with Gasteiger partial charge in [0.2, 0.25) is 0 Å². The van der Waals surface area contributed by atoms with Crippen molar-refractivity contribution in [2.24, 2.45) is 0 Å². The number of aliphatic hydroxyl groups excluding tert-OH is 1. The van der Waals surface area contributed by atoms with Crippen molar-refractivity contribution in [2.75, 3.05) is 26.2 Å². The van der Waals surface area contributed by atoms with Crippen LogP contribution in [0.15, 0.2) is 42.5 Å². The van der Waals surface area contributed by atoms with E-state index in [0.717, 1.165) is 25.2 Å². The summed E-state index contributed by atoms with van der Waals surface area (Å²) in [4.78, 5) is 0. The summed E-state index contributed by atoms with van der Waals surface area (Å²) in [6.07, 6.45) is 0. The molecule has 6 heteroatoms. The van der Waals surface area contributed by atoms with Gasteiger partial charge in [-0.05, 0) is 29.8 Å². The Morgan fingerprint density at radius 1 is 1.00 bits per heavy atom. The monoisotopic (exact) mass is 352 g/mol. The normalized spacial score (nSPS) is 10.8. The number of ether oxygens (including phenoxy) is 1. The summed E-state index contributed by atoms with van der Waals surface area (Å²) in [6, 6.07) is 12.2. The van der Waals surface area contributed by atoms with E-state index in [1.54, 1.807) is 12.1 Å². The molecule has 0 aromatic heterocycles. The topological polar surface area (TPSA) is 53.5 Å². The van der Waals surface area contributed by atoms with Gasteiger partial charge >= 0.3 is 0 Å². The van der Waals surface area contributed by atoms with Gasteiger partial charge in [0.15, 0.2) is 0 Å². The third-order valence-corrected chi connectivity index (χ3v) is 3.82. The Morgan fingerprint density at radius 2 is 1.75 bits per heavy atom. The van der Waals surface area contributed by atoms with Crippen LogP contribution in [0.4, 0.5) is 4.39 Å². The smallest absolute Gasteiger partial charge is 0.131 e. The van der Waals surface area contributed by atoms with E-state index in [-0.39, 0.29) is 19.0 Å². The lowest BCUT2D eigenvalue weighted by atomic mass is 10.2. The second kappa shape index (κ2) is 10.3. The van der Waals surface area contributed by atoms with Crippen molar-refractivity contribution < 1.29 is 14.2 Å². The SMILES string of the molecule is OCCNCCNCc1ccc(OCc2c(F)cccc2Cl)cc1. The number of nitrogens with one attached hydrogen (secondary N) is 2. The summed E-state index contributed by atoms with van der Waals surface area (Å²) in [5.41, 5.74) is 1.49. The summed E-state index contributed by atoms with van der Waals surface area (Å²) in [6.45, 7) is 3.24. The van der Waals surface area contributed by atoms with E-state index >= 15 is 0 Å². The molecule has 0 aliphatic heterocycles. The predicted molar refractivity (Wildman–Crippen MR) is 93.8 cm³/mol. The van der Waals surface area contributed by atoms with Gasteiger partial charge in [-0.3, -0.25) is 0 Å². The molecule has 2 aromatic carbocycles. The Hall–Kier alpha value is -1.66. The molecule has 0 radical (unpaired) electrons. The summed E-state index contributed by atoms with van der Waals surface area (Å²) in [7, 11) is 0. The molecule has 0 atom stereocenters. The summed E-state index contributed by atoms with van der Waals surface area (Å²) >= 11 is 5.98. The molecule has 0 aliphatic carbocycles. The highest BCUT2D eigenvalue weighted by Crippen LogP contribution is 2.21. The van der Waals surface area contributed by atoms with Crippen LogP contribution < -0.4 is 15.4 Å². The van der Waals surface area contributed by atoms with Crippen LogP contribution in [0.5, 0.6) is 5.75 Å². The maximum absolute atomic E-state index is 13.7. The van der Waals surface area contributed by atoms with Crippen LogP contribution in [0, 0.1) is 5.82 Å². The molecule has 2 rings (SSSR count). The molecule has 3 N–H and O–H groups in total. The minimum absolute atomic E-state index is 0.0969. The first-order valence-corrected chi connectivity index (χ1v) is 8.25. The highest BCUT2D eigenvalue weighted by Gasteiger charge is 2.07. The zero-order chi connectivity index (χ0) is 17.2. The first-order chi connectivity index (χ1) is 11.7. The van der Waals surface area contributed by atoms with E-state index in [1.165, 1.54) is 6.07 Å². The zero-order valence-electron chi connectivity index (χ0n) is 13.4. The largest absolute Gasteiger partial charge is 0.489 e. The number of hydrogen-bond donors (Lipinski definition) is 3. The van der Waals surface area contributed by atoms with Gasteiger partial charge in [-0.25, -0.2) is 4.39 Å². The lowest BCUT2D eigenvalue weighted by Gasteiger charge is -2.10. The van der Waals surface area contributed by atoms with Crippen LogP contribution in [-0.4, -0.2) is 31.3 Å². The van der Waals surface area contributed by atoms with Crippen LogP contribution in [0.25, 0.3) is 0 Å². The molecule has 0 fully saturated rings. The number of rotatable bonds is 10. The summed E-state index contributed by atoms with van der Waals surface area (Å²) < 4.78 is 19.3.